The lowest BCUT2D eigenvalue weighted by Gasteiger charge is -2.23. The molecule has 0 aromatic heterocycles. The number of unbranched alkanes of at least 4 members (excludes halogenated alkanes) is 1. The summed E-state index contributed by atoms with van der Waals surface area (Å²) in [7, 11) is 0. The van der Waals surface area contributed by atoms with Crippen molar-refractivity contribution < 1.29 is 4.79 Å². The van der Waals surface area contributed by atoms with Gasteiger partial charge in [0.25, 0.3) is 0 Å². The average molecular weight is 361 g/mol. The minimum atomic E-state index is -0.0559. The topological polar surface area (TPSA) is 32.3 Å². The zero-order chi connectivity index (χ0) is 15.8. The second-order valence-electron chi connectivity index (χ2n) is 5.20. The molecule has 4 heteroatoms. The van der Waals surface area contributed by atoms with Crippen LogP contribution in [0.15, 0.2) is 59.1 Å². The molecule has 0 spiro atoms. The molecule has 1 N–H and O–H groups in total. The van der Waals surface area contributed by atoms with Crippen molar-refractivity contribution in [3.63, 3.8) is 0 Å². The average Bonchev–Trinajstić information content (AvgIpc) is 2.54. The van der Waals surface area contributed by atoms with Crippen LogP contribution in [0.3, 0.4) is 0 Å². The third kappa shape index (κ3) is 5.19. The largest absolute Gasteiger partial charge is 0.322 e. The van der Waals surface area contributed by atoms with E-state index in [0.717, 1.165) is 35.1 Å². The third-order valence-corrected chi connectivity index (χ3v) is 3.91. The van der Waals surface area contributed by atoms with E-state index in [4.69, 9.17) is 0 Å². The predicted octanol–water partition coefficient (Wildman–Crippen LogP) is 5.28. The Labute approximate surface area is 140 Å². The number of nitrogens with one attached hydrogen (secondary N) is 1. The molecule has 0 heterocycles. The number of amides is 2. The first-order valence-electron chi connectivity index (χ1n) is 7.54. The predicted molar refractivity (Wildman–Crippen MR) is 94.9 cm³/mol. The first-order chi connectivity index (χ1) is 10.7. The summed E-state index contributed by atoms with van der Waals surface area (Å²) in [6.07, 6.45) is 2.07. The van der Waals surface area contributed by atoms with Crippen LogP contribution < -0.4 is 5.32 Å². The number of carbonyl (C=O) groups excluding carboxylic acids is 1. The van der Waals surface area contributed by atoms with Crippen LogP contribution in [0.5, 0.6) is 0 Å². The summed E-state index contributed by atoms with van der Waals surface area (Å²) < 4.78 is 0.998. The van der Waals surface area contributed by atoms with Gasteiger partial charge in [-0.25, -0.2) is 4.79 Å². The van der Waals surface area contributed by atoms with Crippen molar-refractivity contribution in [1.29, 1.82) is 0 Å². The van der Waals surface area contributed by atoms with E-state index in [-0.39, 0.29) is 6.03 Å². The molecule has 0 atom stereocenters. The number of carbonyl (C=O) groups is 1. The molecular formula is C18H21BrN2O. The highest BCUT2D eigenvalue weighted by Crippen LogP contribution is 2.15. The van der Waals surface area contributed by atoms with Crippen LogP contribution in [0, 0.1) is 0 Å². The fourth-order valence-corrected chi connectivity index (χ4v) is 2.41. The van der Waals surface area contributed by atoms with Gasteiger partial charge in [0.15, 0.2) is 0 Å². The van der Waals surface area contributed by atoms with Crippen molar-refractivity contribution >= 4 is 27.6 Å². The molecule has 116 valence electrons. The summed E-state index contributed by atoms with van der Waals surface area (Å²) in [5, 5.41) is 2.96. The van der Waals surface area contributed by atoms with Crippen LogP contribution in [0.2, 0.25) is 0 Å². The zero-order valence-corrected chi connectivity index (χ0v) is 14.3. The van der Waals surface area contributed by atoms with Gasteiger partial charge in [0.2, 0.25) is 0 Å². The number of nitrogens with zero attached hydrogens (tertiary/aromatic N) is 1. The van der Waals surface area contributed by atoms with Crippen molar-refractivity contribution in [2.45, 2.75) is 26.3 Å². The first kappa shape index (κ1) is 16.6. The Bertz CT molecular complexity index is 584. The maximum atomic E-state index is 12.5. The molecular weight excluding hydrogens is 340 g/mol. The van der Waals surface area contributed by atoms with Crippen LogP contribution >= 0.6 is 15.9 Å². The number of urea groups is 1. The van der Waals surface area contributed by atoms with Gasteiger partial charge < -0.3 is 10.2 Å². The molecule has 0 radical (unpaired) electrons. The molecule has 2 aromatic rings. The molecule has 0 saturated heterocycles. The molecule has 3 nitrogen and oxygen atoms in total. The summed E-state index contributed by atoms with van der Waals surface area (Å²) >= 11 is 3.40. The molecule has 0 aliphatic rings. The van der Waals surface area contributed by atoms with E-state index < -0.39 is 0 Å². The lowest BCUT2D eigenvalue weighted by molar-refractivity contribution is 0.208. The van der Waals surface area contributed by atoms with Crippen LogP contribution in [0.25, 0.3) is 0 Å². The van der Waals surface area contributed by atoms with Crippen molar-refractivity contribution in [3.05, 3.63) is 64.6 Å². The third-order valence-electron chi connectivity index (χ3n) is 3.38. The van der Waals surface area contributed by atoms with Gasteiger partial charge in [-0.2, -0.15) is 0 Å². The lowest BCUT2D eigenvalue weighted by Crippen LogP contribution is -2.35. The van der Waals surface area contributed by atoms with E-state index in [0.29, 0.717) is 6.54 Å². The zero-order valence-electron chi connectivity index (χ0n) is 12.8. The fourth-order valence-electron chi connectivity index (χ4n) is 2.14. The highest BCUT2D eigenvalue weighted by molar-refractivity contribution is 9.10. The smallest absolute Gasteiger partial charge is 0.320 e. The van der Waals surface area contributed by atoms with Gasteiger partial charge in [-0.15, -0.1) is 0 Å². The maximum Gasteiger partial charge on any atom is 0.322 e. The summed E-state index contributed by atoms with van der Waals surface area (Å²) in [4.78, 5) is 14.4. The summed E-state index contributed by atoms with van der Waals surface area (Å²) in [5.74, 6) is 0. The number of hydrogen-bond acceptors (Lipinski definition) is 1. The van der Waals surface area contributed by atoms with Gasteiger partial charge >= 0.3 is 6.03 Å². The van der Waals surface area contributed by atoms with Gasteiger partial charge in [-0.3, -0.25) is 0 Å². The lowest BCUT2D eigenvalue weighted by atomic mass is 10.2. The Morgan fingerprint density at radius 1 is 1.09 bits per heavy atom. The molecule has 0 saturated carbocycles. The van der Waals surface area contributed by atoms with E-state index in [2.05, 4.69) is 28.2 Å². The van der Waals surface area contributed by atoms with E-state index in [9.17, 15) is 4.79 Å². The van der Waals surface area contributed by atoms with E-state index >= 15 is 0 Å². The van der Waals surface area contributed by atoms with E-state index in [1.165, 1.54) is 0 Å². The van der Waals surface area contributed by atoms with E-state index in [1.807, 2.05) is 59.5 Å². The minimum absolute atomic E-state index is 0.0559. The first-order valence-corrected chi connectivity index (χ1v) is 8.33. The van der Waals surface area contributed by atoms with Gasteiger partial charge in [-0.1, -0.05) is 59.6 Å². The Kier molecular flexibility index (Phi) is 6.46. The number of rotatable bonds is 6. The fraction of sp³-hybridized carbons (Fsp3) is 0.278. The number of hydrogen-bond donors (Lipinski definition) is 1. The Balaban J connectivity index is 2.03. The van der Waals surface area contributed by atoms with Gasteiger partial charge in [0, 0.05) is 23.2 Å². The SMILES string of the molecule is CCCCN(Cc1ccccc1)C(=O)Nc1ccc(Br)cc1. The van der Waals surface area contributed by atoms with Crippen LogP contribution in [0.4, 0.5) is 10.5 Å². The summed E-state index contributed by atoms with van der Waals surface area (Å²) in [6.45, 7) is 3.52. The van der Waals surface area contributed by atoms with Crippen molar-refractivity contribution in [2.24, 2.45) is 0 Å². The monoisotopic (exact) mass is 360 g/mol. The van der Waals surface area contributed by atoms with Crippen molar-refractivity contribution in [3.8, 4) is 0 Å². The van der Waals surface area contributed by atoms with Crippen LogP contribution in [0.1, 0.15) is 25.3 Å². The Morgan fingerprint density at radius 2 is 1.77 bits per heavy atom. The van der Waals surface area contributed by atoms with E-state index in [1.54, 1.807) is 0 Å². The van der Waals surface area contributed by atoms with Crippen LogP contribution in [-0.4, -0.2) is 17.5 Å². The number of benzene rings is 2. The Morgan fingerprint density at radius 3 is 2.41 bits per heavy atom. The minimum Gasteiger partial charge on any atom is -0.320 e. The van der Waals surface area contributed by atoms with Crippen molar-refractivity contribution in [2.75, 3.05) is 11.9 Å². The molecule has 0 unspecified atom stereocenters. The van der Waals surface area contributed by atoms with Crippen LogP contribution in [-0.2, 0) is 6.54 Å². The number of halogens is 1. The molecule has 0 fully saturated rings. The second-order valence-corrected chi connectivity index (χ2v) is 6.11. The summed E-state index contributed by atoms with van der Waals surface area (Å²) in [5.41, 5.74) is 1.95. The Hall–Kier alpha value is -1.81. The van der Waals surface area contributed by atoms with Crippen molar-refractivity contribution in [1.82, 2.24) is 4.90 Å². The highest BCUT2D eigenvalue weighted by atomic mass is 79.9. The second kappa shape index (κ2) is 8.59. The molecule has 2 rings (SSSR count). The highest BCUT2D eigenvalue weighted by Gasteiger charge is 2.13. The van der Waals surface area contributed by atoms with Gasteiger partial charge in [0.1, 0.15) is 0 Å². The maximum absolute atomic E-state index is 12.5. The molecule has 0 bridgehead atoms. The molecule has 0 aliphatic heterocycles. The normalized spacial score (nSPS) is 10.3. The molecule has 0 aliphatic carbocycles. The summed E-state index contributed by atoms with van der Waals surface area (Å²) in [6, 6.07) is 17.6. The van der Waals surface area contributed by atoms with Gasteiger partial charge in [0.05, 0.1) is 0 Å². The van der Waals surface area contributed by atoms with Gasteiger partial charge in [-0.05, 0) is 36.2 Å². The molecule has 2 amide bonds. The quantitative estimate of drug-likeness (QED) is 0.746. The molecule has 22 heavy (non-hydrogen) atoms. The molecule has 2 aromatic carbocycles. The standard InChI is InChI=1S/C18H21BrN2O/c1-2-3-13-21(14-15-7-5-4-6-8-15)18(22)20-17-11-9-16(19)10-12-17/h4-12H,2-3,13-14H2,1H3,(H,20,22). The number of anilines is 1.